The van der Waals surface area contributed by atoms with Crippen LogP contribution < -0.4 is 16.4 Å². The van der Waals surface area contributed by atoms with E-state index in [2.05, 4.69) is 10.6 Å². The largest absolute Gasteiger partial charge is 0.446 e. The Hall–Kier alpha value is -2.65. The van der Waals surface area contributed by atoms with E-state index in [9.17, 15) is 24.0 Å². The van der Waals surface area contributed by atoms with E-state index in [1.807, 2.05) is 55.4 Å². The minimum Gasteiger partial charge on any atom is -0.446 e. The molecule has 4 atom stereocenters. The second-order valence-electron chi connectivity index (χ2n) is 11.7. The zero-order chi connectivity index (χ0) is 27.3. The lowest BCUT2D eigenvalue weighted by atomic mass is 9.85. The smallest absolute Gasteiger partial charge is 0.408 e. The van der Waals surface area contributed by atoms with Crippen LogP contribution in [0, 0.1) is 16.7 Å². The fraction of sp³-hybridized carbons (Fsp3) is 0.800. The van der Waals surface area contributed by atoms with Crippen LogP contribution in [0.1, 0.15) is 81.6 Å². The van der Waals surface area contributed by atoms with Gasteiger partial charge in [0, 0.05) is 6.54 Å². The Morgan fingerprint density at radius 2 is 1.66 bits per heavy atom. The van der Waals surface area contributed by atoms with Crippen molar-refractivity contribution in [2.45, 2.75) is 106 Å². The van der Waals surface area contributed by atoms with Gasteiger partial charge in [-0.1, -0.05) is 61.8 Å². The molecule has 1 heterocycles. The van der Waals surface area contributed by atoms with Gasteiger partial charge in [0.25, 0.3) is 5.91 Å². The number of ether oxygens (including phenoxy) is 1. The van der Waals surface area contributed by atoms with Gasteiger partial charge in [-0.15, -0.1) is 0 Å². The van der Waals surface area contributed by atoms with Gasteiger partial charge in [0.2, 0.25) is 17.6 Å². The molecule has 0 bridgehead atoms. The molecule has 0 spiro atoms. The lowest BCUT2D eigenvalue weighted by molar-refractivity contribution is -0.143. The molecule has 0 aliphatic carbocycles. The second-order valence-corrected chi connectivity index (χ2v) is 11.7. The van der Waals surface area contributed by atoms with Crippen molar-refractivity contribution in [3.63, 3.8) is 0 Å². The van der Waals surface area contributed by atoms with Gasteiger partial charge < -0.3 is 26.0 Å². The number of primary amides is 1. The number of nitrogens with zero attached hydrogens (tertiary/aromatic N) is 1. The van der Waals surface area contributed by atoms with Crippen molar-refractivity contribution >= 4 is 29.6 Å². The monoisotopic (exact) mass is 496 g/mol. The molecule has 1 unspecified atom stereocenters. The zero-order valence-electron chi connectivity index (χ0n) is 22.7. The van der Waals surface area contributed by atoms with E-state index in [0.717, 1.165) is 0 Å². The molecule has 1 saturated heterocycles. The summed E-state index contributed by atoms with van der Waals surface area (Å²) < 4.78 is 5.41. The average molecular weight is 497 g/mol. The molecule has 200 valence electrons. The Morgan fingerprint density at radius 3 is 2.11 bits per heavy atom. The summed E-state index contributed by atoms with van der Waals surface area (Å²) in [4.78, 5) is 64.6. The summed E-state index contributed by atoms with van der Waals surface area (Å²) >= 11 is 0. The predicted molar refractivity (Wildman–Crippen MR) is 132 cm³/mol. The molecule has 1 fully saturated rings. The van der Waals surface area contributed by atoms with Crippen LogP contribution in [0.5, 0.6) is 0 Å². The van der Waals surface area contributed by atoms with Crippen LogP contribution >= 0.6 is 0 Å². The summed E-state index contributed by atoms with van der Waals surface area (Å²) in [6.45, 7) is 17.1. The Bertz CT molecular complexity index is 817. The van der Waals surface area contributed by atoms with Crippen molar-refractivity contribution in [3.8, 4) is 0 Å². The minimum absolute atomic E-state index is 0.108. The van der Waals surface area contributed by atoms with E-state index in [0.29, 0.717) is 12.8 Å². The number of likely N-dealkylation sites (tertiary alicyclic amines) is 1. The minimum atomic E-state index is -1.12. The van der Waals surface area contributed by atoms with Crippen LogP contribution in [0.3, 0.4) is 0 Å². The second kappa shape index (κ2) is 11.9. The highest BCUT2D eigenvalue weighted by molar-refractivity contribution is 6.37. The molecule has 1 aliphatic heterocycles. The van der Waals surface area contributed by atoms with Gasteiger partial charge in [-0.2, -0.15) is 0 Å². The first-order chi connectivity index (χ1) is 15.9. The summed E-state index contributed by atoms with van der Waals surface area (Å²) in [5.41, 5.74) is 4.10. The Morgan fingerprint density at radius 1 is 1.09 bits per heavy atom. The van der Waals surface area contributed by atoms with E-state index < -0.39 is 53.1 Å². The van der Waals surface area contributed by atoms with Gasteiger partial charge in [0.15, 0.2) is 0 Å². The maximum Gasteiger partial charge on any atom is 0.408 e. The number of carbonyl (C=O) groups is 5. The highest BCUT2D eigenvalue weighted by atomic mass is 16.6. The third-order valence-electron chi connectivity index (χ3n) is 6.37. The van der Waals surface area contributed by atoms with E-state index >= 15 is 0 Å². The third kappa shape index (κ3) is 8.50. The SMILES string of the molecule is CCCC(NC(=O)[C@@H]1CC(C)(C)CN1C(=O)[C@@H](NC(=O)O[C@H](C)C(C)C)C(C)(C)C)C(=O)C(N)=O. The summed E-state index contributed by atoms with van der Waals surface area (Å²) in [6, 6.07) is -2.86. The molecule has 0 aromatic heterocycles. The first kappa shape index (κ1) is 30.4. The molecular weight excluding hydrogens is 452 g/mol. The van der Waals surface area contributed by atoms with Crippen molar-refractivity contribution in [2.24, 2.45) is 22.5 Å². The molecule has 1 aliphatic rings. The van der Waals surface area contributed by atoms with Gasteiger partial charge in [-0.3, -0.25) is 19.2 Å². The van der Waals surface area contributed by atoms with Crippen LogP contribution in [0.2, 0.25) is 0 Å². The highest BCUT2D eigenvalue weighted by Crippen LogP contribution is 2.36. The number of carbonyl (C=O) groups excluding carboxylic acids is 5. The number of Topliss-reactive ketones (excluding diaryl/α,β-unsaturated/α-hetero) is 1. The Labute approximate surface area is 209 Å². The van der Waals surface area contributed by atoms with E-state index in [1.165, 1.54) is 4.90 Å². The van der Waals surface area contributed by atoms with Crippen molar-refractivity contribution < 1.29 is 28.7 Å². The molecule has 0 radical (unpaired) electrons. The van der Waals surface area contributed by atoms with Gasteiger partial charge in [-0.25, -0.2) is 4.79 Å². The fourth-order valence-electron chi connectivity index (χ4n) is 4.00. The van der Waals surface area contributed by atoms with Crippen molar-refractivity contribution in [2.75, 3.05) is 6.54 Å². The number of nitrogens with two attached hydrogens (primary N) is 1. The molecule has 1 rings (SSSR count). The summed E-state index contributed by atoms with van der Waals surface area (Å²) in [5, 5.41) is 5.33. The van der Waals surface area contributed by atoms with Gasteiger partial charge in [-0.05, 0) is 36.5 Å². The summed E-state index contributed by atoms with van der Waals surface area (Å²) in [6.07, 6.45) is 0.126. The van der Waals surface area contributed by atoms with E-state index in [4.69, 9.17) is 10.5 Å². The zero-order valence-corrected chi connectivity index (χ0v) is 22.7. The van der Waals surface area contributed by atoms with Crippen molar-refractivity contribution in [1.82, 2.24) is 15.5 Å². The van der Waals surface area contributed by atoms with Gasteiger partial charge >= 0.3 is 6.09 Å². The Kier molecular flexibility index (Phi) is 10.3. The van der Waals surface area contributed by atoms with Crippen LogP contribution in [0.4, 0.5) is 4.79 Å². The first-order valence-electron chi connectivity index (χ1n) is 12.3. The topological polar surface area (TPSA) is 148 Å². The maximum absolute atomic E-state index is 13.7. The quantitative estimate of drug-likeness (QED) is 0.395. The van der Waals surface area contributed by atoms with Crippen molar-refractivity contribution in [1.29, 1.82) is 0 Å². The molecule has 0 aromatic rings. The van der Waals surface area contributed by atoms with Gasteiger partial charge in [0.05, 0.1) is 6.04 Å². The number of ketones is 1. The molecule has 0 aromatic carbocycles. The summed E-state index contributed by atoms with van der Waals surface area (Å²) in [5.74, 6) is -2.82. The first-order valence-corrected chi connectivity index (χ1v) is 12.3. The average Bonchev–Trinajstić information content (AvgIpc) is 3.05. The molecule has 10 heteroatoms. The number of nitrogens with one attached hydrogen (secondary N) is 2. The molecular formula is C25H44N4O6. The van der Waals surface area contributed by atoms with Crippen LogP contribution in [0.25, 0.3) is 0 Å². The fourth-order valence-corrected chi connectivity index (χ4v) is 4.00. The van der Waals surface area contributed by atoms with Crippen LogP contribution in [-0.2, 0) is 23.9 Å². The molecule has 0 saturated carbocycles. The lowest BCUT2D eigenvalue weighted by Crippen LogP contribution is -2.59. The van der Waals surface area contributed by atoms with Gasteiger partial charge in [0.1, 0.15) is 18.2 Å². The number of hydrogen-bond acceptors (Lipinski definition) is 6. The van der Waals surface area contributed by atoms with E-state index in [1.54, 1.807) is 6.92 Å². The predicted octanol–water partition coefficient (Wildman–Crippen LogP) is 2.14. The molecule has 4 amide bonds. The Balaban J connectivity index is 3.18. The lowest BCUT2D eigenvalue weighted by Gasteiger charge is -2.36. The van der Waals surface area contributed by atoms with Crippen molar-refractivity contribution in [3.05, 3.63) is 0 Å². The highest BCUT2D eigenvalue weighted by Gasteiger charge is 2.48. The molecule has 10 nitrogen and oxygen atoms in total. The third-order valence-corrected chi connectivity index (χ3v) is 6.37. The van der Waals surface area contributed by atoms with Crippen LogP contribution in [-0.4, -0.2) is 65.3 Å². The molecule has 35 heavy (non-hydrogen) atoms. The normalized spacial score (nSPS) is 20.1. The standard InChI is InChI=1S/C25H44N4O6/c1-10-11-16(18(30)20(26)31)27-21(32)17-12-25(8,9)13-29(17)22(33)19(24(5,6)7)28-23(34)35-15(4)14(2)3/h14-17,19H,10-13H2,1-9H3,(H2,26,31)(H,27,32)(H,28,34)/t15-,16?,17+,19-/m1/s1. The number of rotatable bonds is 10. The number of hydrogen-bond donors (Lipinski definition) is 3. The number of amides is 4. The van der Waals surface area contributed by atoms with Crippen LogP contribution in [0.15, 0.2) is 0 Å². The molecule has 4 N–H and O–H groups in total. The maximum atomic E-state index is 13.7. The number of alkyl carbamates (subject to hydrolysis) is 1. The van der Waals surface area contributed by atoms with E-state index in [-0.39, 0.29) is 30.4 Å². The summed E-state index contributed by atoms with van der Waals surface area (Å²) in [7, 11) is 0.